The number of rotatable bonds is 55. The predicted molar refractivity (Wildman–Crippen MR) is 325 cm³/mol. The van der Waals surface area contributed by atoms with Crippen molar-refractivity contribution in [2.75, 3.05) is 26.4 Å². The number of hydrogen-bond donors (Lipinski definition) is 2. The van der Waals surface area contributed by atoms with E-state index in [0.717, 1.165) is 109 Å². The van der Waals surface area contributed by atoms with Crippen molar-refractivity contribution in [1.29, 1.82) is 0 Å². The summed E-state index contributed by atoms with van der Waals surface area (Å²) in [6.07, 6.45) is 85.1. The molecule has 10 heteroatoms. The monoisotopic (exact) mass is 1080 g/mol. The highest BCUT2D eigenvalue weighted by molar-refractivity contribution is 7.47. The molecular formula is C66H110NO8P. The molecule has 2 atom stereocenters. The third-order valence-electron chi connectivity index (χ3n) is 12.3. The Hall–Kier alpha value is -3.85. The molecule has 0 aromatic carbocycles. The molecule has 9 nitrogen and oxygen atoms in total. The molecule has 0 rings (SSSR count). The third kappa shape index (κ3) is 59.4. The molecule has 0 saturated heterocycles. The smallest absolute Gasteiger partial charge is 0.462 e. The van der Waals surface area contributed by atoms with Gasteiger partial charge in [-0.2, -0.15) is 0 Å². The van der Waals surface area contributed by atoms with Crippen molar-refractivity contribution in [2.45, 2.75) is 245 Å². The zero-order valence-electron chi connectivity index (χ0n) is 48.2. The van der Waals surface area contributed by atoms with Gasteiger partial charge in [0.25, 0.3) is 0 Å². The molecule has 0 spiro atoms. The molecule has 76 heavy (non-hydrogen) atoms. The van der Waals surface area contributed by atoms with Gasteiger partial charge in [-0.05, 0) is 96.3 Å². The maximum Gasteiger partial charge on any atom is 0.472 e. The largest absolute Gasteiger partial charge is 0.472 e. The lowest BCUT2D eigenvalue weighted by Gasteiger charge is -2.19. The van der Waals surface area contributed by atoms with E-state index in [1.54, 1.807) is 0 Å². The number of hydrogen-bond acceptors (Lipinski definition) is 8. The summed E-state index contributed by atoms with van der Waals surface area (Å²) in [7, 11) is -4.40. The Morgan fingerprint density at radius 2 is 0.724 bits per heavy atom. The maximum atomic E-state index is 12.7. The lowest BCUT2D eigenvalue weighted by atomic mass is 10.0. The second kappa shape index (κ2) is 60.4. The van der Waals surface area contributed by atoms with Gasteiger partial charge in [0.2, 0.25) is 0 Å². The van der Waals surface area contributed by atoms with E-state index in [2.05, 4.69) is 148 Å². The van der Waals surface area contributed by atoms with Crippen molar-refractivity contribution in [3.63, 3.8) is 0 Å². The zero-order chi connectivity index (χ0) is 55.2. The van der Waals surface area contributed by atoms with Gasteiger partial charge >= 0.3 is 19.8 Å². The number of carbonyl (C=O) groups is 2. The van der Waals surface area contributed by atoms with Crippen molar-refractivity contribution in [3.05, 3.63) is 134 Å². The first-order valence-corrected chi connectivity index (χ1v) is 31.7. The van der Waals surface area contributed by atoms with Crippen LogP contribution in [-0.4, -0.2) is 49.3 Å². The summed E-state index contributed by atoms with van der Waals surface area (Å²) in [4.78, 5) is 35.2. The fraction of sp³-hybridized carbons (Fsp3) is 0.636. The number of ether oxygens (including phenoxy) is 2. The minimum absolute atomic E-state index is 0.0420. The standard InChI is InChI=1S/C66H110NO8P/c1-3-5-7-9-11-13-15-17-19-21-23-24-25-26-27-28-29-30-31-32-33-34-35-36-37-38-39-40-41-43-45-47-49-51-53-55-57-59-66(69)75-64(63-74-76(70,71)73-61-60-67)62-72-65(68)58-56-54-52-50-48-46-44-42-22-20-18-16-14-12-10-8-6-4-2/h5,7,11,13,17,19,23-24,26-27,29-30,32-33,35-36,38-39,41,43,47,49,64H,3-4,6,8-10,12,14-16,18,20-22,25,28,31,34,37,40,42,44-46,48,50-63,67H2,1-2H3,(H,70,71)/b7-5-,13-11-,19-17-,24-23-,27-26-,30-29-,33-32-,36-35-,39-38-,43-41-,49-47-. The fourth-order valence-electron chi connectivity index (χ4n) is 7.88. The van der Waals surface area contributed by atoms with Crippen LogP contribution in [0.2, 0.25) is 0 Å². The van der Waals surface area contributed by atoms with E-state index in [-0.39, 0.29) is 32.6 Å². The van der Waals surface area contributed by atoms with Gasteiger partial charge in [-0.1, -0.05) is 263 Å². The van der Waals surface area contributed by atoms with Crippen molar-refractivity contribution in [2.24, 2.45) is 5.73 Å². The zero-order valence-corrected chi connectivity index (χ0v) is 49.1. The van der Waals surface area contributed by atoms with Crippen molar-refractivity contribution in [1.82, 2.24) is 0 Å². The highest BCUT2D eigenvalue weighted by Crippen LogP contribution is 2.43. The van der Waals surface area contributed by atoms with Gasteiger partial charge in [0.1, 0.15) is 6.61 Å². The molecule has 432 valence electrons. The summed E-state index contributed by atoms with van der Waals surface area (Å²) in [5.41, 5.74) is 5.38. The van der Waals surface area contributed by atoms with E-state index < -0.39 is 32.5 Å². The second-order valence-electron chi connectivity index (χ2n) is 19.5. The molecule has 0 amide bonds. The Morgan fingerprint density at radius 1 is 0.408 bits per heavy atom. The molecule has 0 heterocycles. The summed E-state index contributed by atoms with van der Waals surface area (Å²) in [5, 5.41) is 0. The van der Waals surface area contributed by atoms with Crippen LogP contribution in [0.25, 0.3) is 0 Å². The van der Waals surface area contributed by atoms with Crippen LogP contribution in [-0.2, 0) is 32.7 Å². The first-order valence-electron chi connectivity index (χ1n) is 30.2. The van der Waals surface area contributed by atoms with Crippen LogP contribution in [0.5, 0.6) is 0 Å². The topological polar surface area (TPSA) is 134 Å². The Labute approximate surface area is 465 Å². The molecule has 0 fully saturated rings. The number of phosphoric ester groups is 1. The quantitative estimate of drug-likeness (QED) is 0.0264. The van der Waals surface area contributed by atoms with Crippen LogP contribution >= 0.6 is 7.82 Å². The number of phosphoric acid groups is 1. The average Bonchev–Trinajstić information content (AvgIpc) is 3.41. The molecule has 3 N–H and O–H groups in total. The van der Waals surface area contributed by atoms with Crippen molar-refractivity contribution in [3.8, 4) is 0 Å². The van der Waals surface area contributed by atoms with Crippen LogP contribution < -0.4 is 5.73 Å². The number of carbonyl (C=O) groups excluding carboxylic acids is 2. The lowest BCUT2D eigenvalue weighted by Crippen LogP contribution is -2.29. The van der Waals surface area contributed by atoms with Crippen LogP contribution in [0, 0.1) is 0 Å². The SMILES string of the molecule is CC/C=C\C/C=C\C/C=C\C/C=C\C/C=C\C/C=C\C/C=C\C/C=C\C/C=C\C/C=C\C/C=C\CCCCCC(=O)OC(COC(=O)CCCCCCCCCCCCCCCCCCCC)COP(=O)(O)OCCN. The molecule has 0 aliphatic carbocycles. The molecular weight excluding hydrogens is 966 g/mol. The molecule has 0 bridgehead atoms. The van der Waals surface area contributed by atoms with Crippen molar-refractivity contribution < 1.29 is 37.6 Å². The minimum atomic E-state index is -4.40. The van der Waals surface area contributed by atoms with E-state index in [4.69, 9.17) is 24.3 Å². The predicted octanol–water partition coefficient (Wildman–Crippen LogP) is 19.3. The Balaban J connectivity index is 4.08. The van der Waals surface area contributed by atoms with Crippen LogP contribution in [0.3, 0.4) is 0 Å². The molecule has 2 unspecified atom stereocenters. The number of esters is 2. The molecule has 0 aromatic heterocycles. The van der Waals surface area contributed by atoms with Gasteiger partial charge in [0.05, 0.1) is 13.2 Å². The number of nitrogens with two attached hydrogens (primary N) is 1. The van der Waals surface area contributed by atoms with E-state index in [0.29, 0.717) is 6.42 Å². The second-order valence-corrected chi connectivity index (χ2v) is 20.9. The molecule has 0 aliphatic rings. The average molecular weight is 1080 g/mol. The Kier molecular flexibility index (Phi) is 57.3. The van der Waals surface area contributed by atoms with E-state index >= 15 is 0 Å². The summed E-state index contributed by atoms with van der Waals surface area (Å²) in [6, 6.07) is 0. The summed E-state index contributed by atoms with van der Waals surface area (Å²) >= 11 is 0. The van der Waals surface area contributed by atoms with Gasteiger partial charge in [0.15, 0.2) is 6.10 Å². The number of allylic oxidation sites excluding steroid dienone is 22. The number of unbranched alkanes of at least 4 members (excludes halogenated alkanes) is 20. The first-order chi connectivity index (χ1) is 37.3. The van der Waals surface area contributed by atoms with Gasteiger partial charge in [-0.25, -0.2) is 4.57 Å². The first kappa shape index (κ1) is 72.2. The minimum Gasteiger partial charge on any atom is -0.462 e. The van der Waals surface area contributed by atoms with E-state index in [1.807, 2.05) is 0 Å². The summed E-state index contributed by atoms with van der Waals surface area (Å²) < 4.78 is 33.0. The van der Waals surface area contributed by atoms with Gasteiger partial charge < -0.3 is 20.1 Å². The van der Waals surface area contributed by atoms with Crippen LogP contribution in [0.4, 0.5) is 0 Å². The normalized spacial score (nSPS) is 14.0. The van der Waals surface area contributed by atoms with Crippen LogP contribution in [0.1, 0.15) is 239 Å². The lowest BCUT2D eigenvalue weighted by molar-refractivity contribution is -0.161. The Morgan fingerprint density at radius 3 is 1.08 bits per heavy atom. The van der Waals surface area contributed by atoms with Gasteiger partial charge in [-0.3, -0.25) is 18.6 Å². The van der Waals surface area contributed by atoms with E-state index in [1.165, 1.54) is 96.3 Å². The third-order valence-corrected chi connectivity index (χ3v) is 13.3. The van der Waals surface area contributed by atoms with Gasteiger partial charge in [0, 0.05) is 19.4 Å². The highest BCUT2D eigenvalue weighted by atomic mass is 31.2. The van der Waals surface area contributed by atoms with Crippen LogP contribution in [0.15, 0.2) is 134 Å². The maximum absolute atomic E-state index is 12.7. The fourth-order valence-corrected chi connectivity index (χ4v) is 8.64. The molecule has 0 aliphatic heterocycles. The van der Waals surface area contributed by atoms with Crippen molar-refractivity contribution >= 4 is 19.8 Å². The summed E-state index contributed by atoms with van der Waals surface area (Å²) in [5.74, 6) is -0.869. The molecule has 0 radical (unpaired) electrons. The molecule has 0 saturated carbocycles. The Bertz CT molecular complexity index is 1700. The van der Waals surface area contributed by atoms with E-state index in [9.17, 15) is 19.0 Å². The highest BCUT2D eigenvalue weighted by Gasteiger charge is 2.26. The summed E-state index contributed by atoms with van der Waals surface area (Å²) in [6.45, 7) is 3.59. The molecule has 0 aromatic rings. The van der Waals surface area contributed by atoms with Gasteiger partial charge in [-0.15, -0.1) is 0 Å².